The molecular weight excluding hydrogens is 288 g/mol. The molecule has 0 saturated heterocycles. The molecule has 1 aromatic carbocycles. The van der Waals surface area contributed by atoms with Crippen molar-refractivity contribution in [1.82, 2.24) is 15.5 Å². The van der Waals surface area contributed by atoms with Crippen LogP contribution in [0.15, 0.2) is 28.7 Å². The molecule has 1 aromatic heterocycles. The fourth-order valence-corrected chi connectivity index (χ4v) is 1.83. The van der Waals surface area contributed by atoms with Crippen LogP contribution in [0.1, 0.15) is 32.2 Å². The SMILES string of the molecule is CC(C)(C)NCc1nnc(NCCc2ccc(Cl)cc2)o1. The molecule has 2 rings (SSSR count). The number of aromatic nitrogens is 2. The largest absolute Gasteiger partial charge is 0.407 e. The molecule has 0 atom stereocenters. The molecule has 0 radical (unpaired) electrons. The highest BCUT2D eigenvalue weighted by Gasteiger charge is 2.11. The third-order valence-corrected chi connectivity index (χ3v) is 3.09. The van der Waals surface area contributed by atoms with Gasteiger partial charge in [0.25, 0.3) is 0 Å². The monoisotopic (exact) mass is 308 g/mol. The Morgan fingerprint density at radius 2 is 1.86 bits per heavy atom. The summed E-state index contributed by atoms with van der Waals surface area (Å²) < 4.78 is 5.52. The highest BCUT2D eigenvalue weighted by atomic mass is 35.5. The van der Waals surface area contributed by atoms with Crippen LogP contribution in [-0.2, 0) is 13.0 Å². The number of anilines is 1. The van der Waals surface area contributed by atoms with Crippen LogP contribution in [0.2, 0.25) is 5.02 Å². The first-order valence-corrected chi connectivity index (χ1v) is 7.36. The van der Waals surface area contributed by atoms with Gasteiger partial charge in [0, 0.05) is 17.1 Å². The molecule has 2 N–H and O–H groups in total. The van der Waals surface area contributed by atoms with Gasteiger partial charge in [-0.15, -0.1) is 5.10 Å². The summed E-state index contributed by atoms with van der Waals surface area (Å²) in [5.41, 5.74) is 1.23. The summed E-state index contributed by atoms with van der Waals surface area (Å²) in [6.45, 7) is 7.57. The van der Waals surface area contributed by atoms with Crippen LogP contribution >= 0.6 is 11.6 Å². The molecule has 6 heteroatoms. The Kier molecular flexibility index (Phi) is 5.20. The fourth-order valence-electron chi connectivity index (χ4n) is 1.70. The maximum Gasteiger partial charge on any atom is 0.315 e. The first-order chi connectivity index (χ1) is 9.92. The van der Waals surface area contributed by atoms with E-state index in [1.807, 2.05) is 24.3 Å². The summed E-state index contributed by atoms with van der Waals surface area (Å²) in [7, 11) is 0. The van der Waals surface area contributed by atoms with Crippen molar-refractivity contribution in [2.75, 3.05) is 11.9 Å². The quantitative estimate of drug-likeness (QED) is 0.857. The highest BCUT2D eigenvalue weighted by molar-refractivity contribution is 6.30. The number of halogens is 1. The molecular formula is C15H21ClN4O. The van der Waals surface area contributed by atoms with Crippen molar-refractivity contribution in [2.24, 2.45) is 0 Å². The van der Waals surface area contributed by atoms with Crippen LogP contribution in [0.4, 0.5) is 6.01 Å². The van der Waals surface area contributed by atoms with E-state index in [4.69, 9.17) is 16.0 Å². The van der Waals surface area contributed by atoms with E-state index in [0.29, 0.717) is 18.5 Å². The molecule has 0 aliphatic rings. The third-order valence-electron chi connectivity index (χ3n) is 2.84. The topological polar surface area (TPSA) is 63.0 Å². The second-order valence-corrected chi connectivity index (χ2v) is 6.34. The van der Waals surface area contributed by atoms with E-state index in [2.05, 4.69) is 41.6 Å². The molecule has 0 amide bonds. The van der Waals surface area contributed by atoms with Crippen molar-refractivity contribution in [2.45, 2.75) is 39.3 Å². The van der Waals surface area contributed by atoms with Crippen LogP contribution in [0.3, 0.4) is 0 Å². The number of nitrogens with one attached hydrogen (secondary N) is 2. The summed E-state index contributed by atoms with van der Waals surface area (Å²) >= 11 is 5.85. The summed E-state index contributed by atoms with van der Waals surface area (Å²) in [5, 5.41) is 15.1. The minimum atomic E-state index is 0.0244. The zero-order chi connectivity index (χ0) is 15.3. The van der Waals surface area contributed by atoms with Crippen molar-refractivity contribution >= 4 is 17.6 Å². The van der Waals surface area contributed by atoms with E-state index >= 15 is 0 Å². The van der Waals surface area contributed by atoms with E-state index in [1.165, 1.54) is 5.56 Å². The van der Waals surface area contributed by atoms with Crippen molar-refractivity contribution < 1.29 is 4.42 Å². The van der Waals surface area contributed by atoms with Crippen LogP contribution in [0.25, 0.3) is 0 Å². The Labute approximate surface area is 130 Å². The van der Waals surface area contributed by atoms with Gasteiger partial charge in [0.15, 0.2) is 0 Å². The lowest BCUT2D eigenvalue weighted by molar-refractivity contribution is 0.383. The molecule has 0 aliphatic carbocycles. The Balaban J connectivity index is 1.76. The van der Waals surface area contributed by atoms with Gasteiger partial charge in [-0.25, -0.2) is 0 Å². The average Bonchev–Trinajstić information content (AvgIpc) is 2.86. The summed E-state index contributed by atoms with van der Waals surface area (Å²) in [6.07, 6.45) is 0.870. The molecule has 0 unspecified atom stereocenters. The van der Waals surface area contributed by atoms with Crippen molar-refractivity contribution in [1.29, 1.82) is 0 Å². The maximum absolute atomic E-state index is 5.85. The van der Waals surface area contributed by atoms with Gasteiger partial charge in [0.2, 0.25) is 5.89 Å². The number of rotatable bonds is 6. The van der Waals surface area contributed by atoms with E-state index in [1.54, 1.807) is 0 Å². The molecule has 21 heavy (non-hydrogen) atoms. The predicted octanol–water partition coefficient (Wildman–Crippen LogP) is 3.27. The summed E-state index contributed by atoms with van der Waals surface area (Å²) in [5.74, 6) is 0.582. The van der Waals surface area contributed by atoms with Crippen molar-refractivity contribution in [3.05, 3.63) is 40.7 Å². The van der Waals surface area contributed by atoms with Crippen LogP contribution in [0, 0.1) is 0 Å². The third kappa shape index (κ3) is 5.73. The predicted molar refractivity (Wildman–Crippen MR) is 84.5 cm³/mol. The van der Waals surface area contributed by atoms with Crippen LogP contribution < -0.4 is 10.6 Å². The zero-order valence-corrected chi connectivity index (χ0v) is 13.4. The van der Waals surface area contributed by atoms with Gasteiger partial charge < -0.3 is 15.1 Å². The number of hydrogen-bond donors (Lipinski definition) is 2. The molecule has 0 fully saturated rings. The minimum Gasteiger partial charge on any atom is -0.407 e. The van der Waals surface area contributed by atoms with E-state index in [9.17, 15) is 0 Å². The van der Waals surface area contributed by atoms with Gasteiger partial charge in [0.05, 0.1) is 6.54 Å². The Hall–Kier alpha value is -1.59. The van der Waals surface area contributed by atoms with Gasteiger partial charge in [-0.1, -0.05) is 28.8 Å². The summed E-state index contributed by atoms with van der Waals surface area (Å²) in [4.78, 5) is 0. The summed E-state index contributed by atoms with van der Waals surface area (Å²) in [6, 6.07) is 8.25. The van der Waals surface area contributed by atoms with Crippen LogP contribution in [0.5, 0.6) is 0 Å². The minimum absolute atomic E-state index is 0.0244. The van der Waals surface area contributed by atoms with Gasteiger partial charge in [0.1, 0.15) is 0 Å². The van der Waals surface area contributed by atoms with Gasteiger partial charge in [-0.2, -0.15) is 0 Å². The Bertz CT molecular complexity index is 560. The van der Waals surface area contributed by atoms with E-state index in [-0.39, 0.29) is 5.54 Å². The molecule has 0 aliphatic heterocycles. The molecule has 2 aromatic rings. The Morgan fingerprint density at radius 1 is 1.14 bits per heavy atom. The smallest absolute Gasteiger partial charge is 0.315 e. The number of hydrogen-bond acceptors (Lipinski definition) is 5. The van der Waals surface area contributed by atoms with Crippen LogP contribution in [-0.4, -0.2) is 22.3 Å². The average molecular weight is 309 g/mol. The highest BCUT2D eigenvalue weighted by Crippen LogP contribution is 2.11. The molecule has 114 valence electrons. The zero-order valence-electron chi connectivity index (χ0n) is 12.6. The lowest BCUT2D eigenvalue weighted by atomic mass is 10.1. The van der Waals surface area contributed by atoms with Gasteiger partial charge >= 0.3 is 6.01 Å². The van der Waals surface area contributed by atoms with Gasteiger partial charge in [-0.3, -0.25) is 0 Å². The lowest BCUT2D eigenvalue weighted by Crippen LogP contribution is -2.35. The number of benzene rings is 1. The first-order valence-electron chi connectivity index (χ1n) is 6.98. The lowest BCUT2D eigenvalue weighted by Gasteiger charge is -2.18. The maximum atomic E-state index is 5.85. The molecule has 0 bridgehead atoms. The Morgan fingerprint density at radius 3 is 2.52 bits per heavy atom. The molecule has 0 saturated carbocycles. The first kappa shape index (κ1) is 15.8. The van der Waals surface area contributed by atoms with Crippen molar-refractivity contribution in [3.63, 3.8) is 0 Å². The standard InChI is InChI=1S/C15H21ClN4O/c1-15(2,3)18-10-13-19-20-14(21-13)17-9-8-11-4-6-12(16)7-5-11/h4-7,18H,8-10H2,1-3H3,(H,17,20). The second-order valence-electron chi connectivity index (χ2n) is 5.91. The van der Waals surface area contributed by atoms with E-state index < -0.39 is 0 Å². The molecule has 1 heterocycles. The molecule has 0 spiro atoms. The normalized spacial score (nSPS) is 11.6. The molecule has 5 nitrogen and oxygen atoms in total. The van der Waals surface area contributed by atoms with Crippen molar-refractivity contribution in [3.8, 4) is 0 Å². The van der Waals surface area contributed by atoms with E-state index in [0.717, 1.165) is 18.0 Å². The number of nitrogens with zero attached hydrogens (tertiary/aromatic N) is 2. The second kappa shape index (κ2) is 6.91. The fraction of sp³-hybridized carbons (Fsp3) is 0.467. The van der Waals surface area contributed by atoms with Gasteiger partial charge in [-0.05, 0) is 44.9 Å².